The van der Waals surface area contributed by atoms with Gasteiger partial charge in [0, 0.05) is 49.6 Å². The number of para-hydroxylation sites is 1. The molecule has 2 aromatic heterocycles. The minimum atomic E-state index is 0. The number of aromatic nitrogens is 1. The van der Waals surface area contributed by atoms with Crippen LogP contribution < -0.4 is 0 Å². The van der Waals surface area contributed by atoms with E-state index in [1.807, 2.05) is 46.0 Å². The smallest absolute Gasteiger partial charge is 0.162 e. The van der Waals surface area contributed by atoms with Crippen LogP contribution in [0.5, 0.6) is 0 Å². The second-order valence-electron chi connectivity index (χ2n) is 12.6. The van der Waals surface area contributed by atoms with Gasteiger partial charge >= 0.3 is 0 Å². The van der Waals surface area contributed by atoms with Crippen molar-refractivity contribution in [2.45, 2.75) is 98.3 Å². The second kappa shape index (κ2) is 16.5. The maximum absolute atomic E-state index is 11.7. The van der Waals surface area contributed by atoms with E-state index >= 15 is 0 Å². The van der Waals surface area contributed by atoms with E-state index in [1.54, 1.807) is 0 Å². The summed E-state index contributed by atoms with van der Waals surface area (Å²) in [5, 5.41) is 14.5. The monoisotopic (exact) mass is 795 g/mol. The fourth-order valence-corrected chi connectivity index (χ4v) is 6.93. The predicted molar refractivity (Wildman–Crippen MR) is 188 cm³/mol. The van der Waals surface area contributed by atoms with E-state index in [-0.39, 0.29) is 43.5 Å². The molecule has 2 heterocycles. The standard InChI is InChI=1S/C28H24NO.C13H24O2.Ir/c1-18-15-24-23-9-5-6-10-26(23)30-28(24)25(16-18)27-22-12-11-20(17-21(22)13-14-29-27)19-7-3-2-4-8-19;1-5-10(6-2)12(14)9-13(15)11(7-3)8-4;/h5-6,9-15,17,19H,2-4,7-8H2,1H3;9-11,14H,5-8H2,1-4H3;/q-1;;/b;12-9-;. The van der Waals surface area contributed by atoms with Gasteiger partial charge in [0.25, 0.3) is 0 Å². The molecule has 0 amide bonds. The topological polar surface area (TPSA) is 63.3 Å². The average Bonchev–Trinajstić information content (AvgIpc) is 3.44. The third kappa shape index (κ3) is 7.81. The van der Waals surface area contributed by atoms with Crippen molar-refractivity contribution in [3.63, 3.8) is 0 Å². The minimum absolute atomic E-state index is 0. The van der Waals surface area contributed by atoms with Crippen LogP contribution in [0.2, 0.25) is 0 Å². The van der Waals surface area contributed by atoms with Gasteiger partial charge in [-0.2, -0.15) is 0 Å². The Bertz CT molecular complexity index is 1790. The normalized spacial score (nSPS) is 14.1. The molecule has 1 aliphatic rings. The SMILES string of the molecule is CCC(CC)C(=O)/C=C(\O)C(CC)CC.Cc1[c-]c(-c2nccc3cc(C4CCCCC4)ccc23)c2oc3ccccc3c2c1.[Ir]. The molecule has 0 atom stereocenters. The van der Waals surface area contributed by atoms with Gasteiger partial charge in [0.15, 0.2) is 5.78 Å². The Morgan fingerprint density at radius 3 is 2.30 bits per heavy atom. The first kappa shape index (κ1) is 35.6. The number of ketones is 1. The van der Waals surface area contributed by atoms with Gasteiger partial charge in [-0.15, -0.1) is 17.7 Å². The van der Waals surface area contributed by atoms with Crippen LogP contribution in [0.1, 0.15) is 103 Å². The van der Waals surface area contributed by atoms with Crippen molar-refractivity contribution < 1.29 is 34.4 Å². The summed E-state index contributed by atoms with van der Waals surface area (Å²) in [7, 11) is 0. The van der Waals surface area contributed by atoms with Crippen LogP contribution in [-0.4, -0.2) is 15.9 Å². The van der Waals surface area contributed by atoms with E-state index in [0.29, 0.717) is 5.92 Å². The Morgan fingerprint density at radius 1 is 0.913 bits per heavy atom. The Balaban J connectivity index is 0.000000259. The summed E-state index contributed by atoms with van der Waals surface area (Å²) in [5.41, 5.74) is 6.27. The maximum atomic E-state index is 11.7. The molecule has 46 heavy (non-hydrogen) atoms. The van der Waals surface area contributed by atoms with E-state index in [2.05, 4.69) is 55.5 Å². The fourth-order valence-electron chi connectivity index (χ4n) is 6.93. The van der Waals surface area contributed by atoms with Gasteiger partial charge in [-0.05, 0) is 78.6 Å². The summed E-state index contributed by atoms with van der Waals surface area (Å²) in [6, 6.07) is 23.0. The van der Waals surface area contributed by atoms with Gasteiger partial charge in [0.05, 0.1) is 11.3 Å². The number of nitrogens with zero attached hydrogens (tertiary/aromatic N) is 1. The fraction of sp³-hybridized carbons (Fsp3) is 0.415. The quantitative estimate of drug-likeness (QED) is 0.0917. The van der Waals surface area contributed by atoms with Crippen molar-refractivity contribution in [3.05, 3.63) is 89.8 Å². The van der Waals surface area contributed by atoms with E-state index in [4.69, 9.17) is 9.40 Å². The number of pyridine rings is 1. The number of furan rings is 1. The zero-order chi connectivity index (χ0) is 31.9. The molecule has 0 saturated heterocycles. The van der Waals surface area contributed by atoms with E-state index in [9.17, 15) is 9.90 Å². The third-order valence-corrected chi connectivity index (χ3v) is 9.73. The number of allylic oxidation sites excluding steroid dienone is 2. The number of aryl methyl sites for hydroxylation is 1. The zero-order valence-corrected chi connectivity index (χ0v) is 30.4. The van der Waals surface area contributed by atoms with Crippen LogP contribution in [0.25, 0.3) is 44.0 Å². The van der Waals surface area contributed by atoms with Crippen molar-refractivity contribution in [1.82, 2.24) is 4.98 Å². The van der Waals surface area contributed by atoms with Crippen molar-refractivity contribution in [2.24, 2.45) is 11.8 Å². The number of aliphatic hydroxyl groups is 1. The summed E-state index contributed by atoms with van der Waals surface area (Å²) in [6.45, 7) is 10.2. The molecular formula is C41H48IrNO3-. The van der Waals surface area contributed by atoms with Crippen LogP contribution in [0.4, 0.5) is 0 Å². The van der Waals surface area contributed by atoms with Gasteiger partial charge in [0.2, 0.25) is 0 Å². The Kier molecular flexibility index (Phi) is 12.8. The molecule has 4 nitrogen and oxygen atoms in total. The molecule has 5 heteroatoms. The largest absolute Gasteiger partial charge is 0.512 e. The number of fused-ring (bicyclic) bond motifs is 4. The van der Waals surface area contributed by atoms with Gasteiger partial charge in [0.1, 0.15) is 5.58 Å². The molecule has 1 radical (unpaired) electrons. The van der Waals surface area contributed by atoms with Crippen molar-refractivity contribution >= 4 is 38.5 Å². The van der Waals surface area contributed by atoms with Gasteiger partial charge in [-0.1, -0.05) is 101 Å². The van der Waals surface area contributed by atoms with E-state index in [1.165, 1.54) is 54.5 Å². The molecule has 5 aromatic rings. The molecule has 6 rings (SSSR count). The van der Waals surface area contributed by atoms with Crippen molar-refractivity contribution in [2.75, 3.05) is 0 Å². The second-order valence-corrected chi connectivity index (χ2v) is 12.6. The average molecular weight is 795 g/mol. The minimum Gasteiger partial charge on any atom is -0.512 e. The van der Waals surface area contributed by atoms with Gasteiger partial charge in [-0.3, -0.25) is 4.79 Å². The molecule has 1 saturated carbocycles. The van der Waals surface area contributed by atoms with Crippen molar-refractivity contribution in [1.29, 1.82) is 0 Å². The molecule has 1 fully saturated rings. The summed E-state index contributed by atoms with van der Waals surface area (Å²) in [4.78, 5) is 16.5. The molecule has 0 spiro atoms. The maximum Gasteiger partial charge on any atom is 0.162 e. The molecule has 0 aliphatic heterocycles. The molecule has 0 bridgehead atoms. The molecule has 0 unspecified atom stereocenters. The number of rotatable bonds is 9. The molecule has 3 aromatic carbocycles. The first-order valence-electron chi connectivity index (χ1n) is 17.1. The van der Waals surface area contributed by atoms with Gasteiger partial charge in [-0.25, -0.2) is 0 Å². The van der Waals surface area contributed by atoms with Crippen LogP contribution in [0.15, 0.2) is 77.0 Å². The van der Waals surface area contributed by atoms with Crippen LogP contribution in [-0.2, 0) is 24.9 Å². The number of hydrogen-bond donors (Lipinski definition) is 1. The number of hydrogen-bond acceptors (Lipinski definition) is 4. The molecule has 1 N–H and O–H groups in total. The van der Waals surface area contributed by atoms with E-state index in [0.717, 1.165) is 64.4 Å². The Labute approximate surface area is 288 Å². The molecule has 245 valence electrons. The summed E-state index contributed by atoms with van der Waals surface area (Å²) < 4.78 is 6.29. The Morgan fingerprint density at radius 2 is 1.61 bits per heavy atom. The number of carbonyl (C=O) groups is 1. The first-order chi connectivity index (χ1) is 21.9. The van der Waals surface area contributed by atoms with Crippen molar-refractivity contribution in [3.8, 4) is 11.3 Å². The third-order valence-electron chi connectivity index (χ3n) is 9.73. The number of carbonyl (C=O) groups excluding carboxylic acids is 1. The predicted octanol–water partition coefficient (Wildman–Crippen LogP) is 11.8. The number of benzene rings is 3. The summed E-state index contributed by atoms with van der Waals surface area (Å²) in [5.74, 6) is 1.25. The Hall–Kier alpha value is -3.27. The zero-order valence-electron chi connectivity index (χ0n) is 28.0. The van der Waals surface area contributed by atoms with Crippen LogP contribution in [0, 0.1) is 24.8 Å². The summed E-state index contributed by atoms with van der Waals surface area (Å²) >= 11 is 0. The molecular weight excluding hydrogens is 747 g/mol. The summed E-state index contributed by atoms with van der Waals surface area (Å²) in [6.07, 6.45) is 13.5. The molecule has 1 aliphatic carbocycles. The first-order valence-corrected chi connectivity index (χ1v) is 17.1. The number of aliphatic hydroxyl groups excluding tert-OH is 1. The van der Waals surface area contributed by atoms with Crippen LogP contribution in [0.3, 0.4) is 0 Å². The van der Waals surface area contributed by atoms with E-state index < -0.39 is 0 Å². The van der Waals surface area contributed by atoms with Gasteiger partial charge < -0.3 is 14.5 Å². The van der Waals surface area contributed by atoms with Crippen LogP contribution >= 0.6 is 0 Å².